The molecule has 1 saturated heterocycles. The van der Waals surface area contributed by atoms with Gasteiger partial charge in [-0.05, 0) is 31.2 Å². The first-order valence-corrected chi connectivity index (χ1v) is 9.17. The first-order valence-electron chi connectivity index (χ1n) is 8.29. The lowest BCUT2D eigenvalue weighted by Gasteiger charge is -2.24. The van der Waals surface area contributed by atoms with E-state index in [1.165, 1.54) is 12.0 Å². The maximum Gasteiger partial charge on any atom is 0.220 e. The van der Waals surface area contributed by atoms with E-state index in [-0.39, 0.29) is 5.91 Å². The maximum atomic E-state index is 12.0. The first kappa shape index (κ1) is 16.0. The minimum atomic E-state index is 0.159. The van der Waals surface area contributed by atoms with Crippen LogP contribution in [0.25, 0.3) is 0 Å². The van der Waals surface area contributed by atoms with Crippen LogP contribution in [0, 0.1) is 0 Å². The van der Waals surface area contributed by atoms with Gasteiger partial charge in [-0.25, -0.2) is 4.98 Å². The summed E-state index contributed by atoms with van der Waals surface area (Å²) < 4.78 is 0. The van der Waals surface area contributed by atoms with E-state index in [4.69, 9.17) is 0 Å². The quantitative estimate of drug-likeness (QED) is 0.848. The number of hydrogen-bond donors (Lipinski definition) is 1. The Labute approximate surface area is 141 Å². The summed E-state index contributed by atoms with van der Waals surface area (Å²) in [5.74, 6) is 0.159. The van der Waals surface area contributed by atoms with Crippen molar-refractivity contribution in [1.29, 1.82) is 0 Å². The zero-order valence-corrected chi connectivity index (χ0v) is 14.1. The van der Waals surface area contributed by atoms with E-state index >= 15 is 0 Å². The van der Waals surface area contributed by atoms with Gasteiger partial charge in [-0.15, -0.1) is 11.3 Å². The van der Waals surface area contributed by atoms with Crippen molar-refractivity contribution < 1.29 is 4.79 Å². The first-order chi connectivity index (χ1) is 11.3. The molecular weight excluding hydrogens is 306 g/mol. The summed E-state index contributed by atoms with van der Waals surface area (Å²) in [5.41, 5.74) is 1.30. The average Bonchev–Trinajstić information content (AvgIpc) is 3.25. The van der Waals surface area contributed by atoms with Gasteiger partial charge in [-0.3, -0.25) is 4.79 Å². The number of rotatable bonds is 7. The van der Waals surface area contributed by atoms with Gasteiger partial charge in [0.05, 0.1) is 0 Å². The van der Waals surface area contributed by atoms with Crippen molar-refractivity contribution >= 4 is 22.4 Å². The Morgan fingerprint density at radius 3 is 3.00 bits per heavy atom. The zero-order valence-electron chi connectivity index (χ0n) is 13.3. The largest absolute Gasteiger partial charge is 0.354 e. The van der Waals surface area contributed by atoms with Gasteiger partial charge < -0.3 is 10.2 Å². The Balaban J connectivity index is 1.39. The highest BCUT2D eigenvalue weighted by molar-refractivity contribution is 7.13. The minimum absolute atomic E-state index is 0.159. The molecule has 1 aliphatic rings. The second kappa shape index (κ2) is 8.11. The third-order valence-corrected chi connectivity index (χ3v) is 5.10. The molecule has 0 radical (unpaired) electrons. The van der Waals surface area contributed by atoms with E-state index < -0.39 is 0 Å². The van der Waals surface area contributed by atoms with Crippen LogP contribution in [0.4, 0.5) is 5.13 Å². The monoisotopic (exact) mass is 329 g/mol. The molecule has 2 aromatic rings. The minimum Gasteiger partial charge on any atom is -0.354 e. The highest BCUT2D eigenvalue weighted by Gasteiger charge is 2.26. The number of carbonyl (C=O) groups is 1. The van der Waals surface area contributed by atoms with Crippen LogP contribution in [0.15, 0.2) is 41.9 Å². The lowest BCUT2D eigenvalue weighted by Crippen LogP contribution is -2.40. The molecule has 23 heavy (non-hydrogen) atoms. The van der Waals surface area contributed by atoms with Gasteiger partial charge in [-0.1, -0.05) is 30.3 Å². The lowest BCUT2D eigenvalue weighted by molar-refractivity contribution is -0.121. The molecule has 1 amide bonds. The predicted octanol–water partition coefficient (Wildman–Crippen LogP) is 3.25. The van der Waals surface area contributed by atoms with Gasteiger partial charge in [0, 0.05) is 37.1 Å². The molecule has 1 atom stereocenters. The second-order valence-electron chi connectivity index (χ2n) is 5.95. The fourth-order valence-corrected chi connectivity index (χ4v) is 3.82. The van der Waals surface area contributed by atoms with Crippen molar-refractivity contribution in [2.75, 3.05) is 18.0 Å². The van der Waals surface area contributed by atoms with Crippen molar-refractivity contribution in [2.45, 2.75) is 38.1 Å². The summed E-state index contributed by atoms with van der Waals surface area (Å²) in [4.78, 5) is 18.8. The number of anilines is 1. The number of carbonyl (C=O) groups excluding carboxylic acids is 1. The van der Waals surface area contributed by atoms with Crippen molar-refractivity contribution in [3.63, 3.8) is 0 Å². The van der Waals surface area contributed by atoms with Gasteiger partial charge in [-0.2, -0.15) is 0 Å². The second-order valence-corrected chi connectivity index (χ2v) is 6.82. The van der Waals surface area contributed by atoms with Gasteiger partial charge in [0.2, 0.25) is 5.91 Å². The van der Waals surface area contributed by atoms with Gasteiger partial charge in [0.15, 0.2) is 5.13 Å². The molecule has 2 heterocycles. The Hall–Kier alpha value is -1.88. The molecule has 122 valence electrons. The number of aryl methyl sites for hydroxylation is 1. The summed E-state index contributed by atoms with van der Waals surface area (Å²) in [7, 11) is 0. The van der Waals surface area contributed by atoms with Crippen molar-refractivity contribution in [1.82, 2.24) is 10.3 Å². The van der Waals surface area contributed by atoms with Gasteiger partial charge in [0.1, 0.15) is 0 Å². The van der Waals surface area contributed by atoms with Crippen LogP contribution in [0.1, 0.15) is 31.2 Å². The summed E-state index contributed by atoms with van der Waals surface area (Å²) in [6, 6.07) is 10.7. The molecule has 5 heteroatoms. The molecule has 1 aromatic heterocycles. The Morgan fingerprint density at radius 2 is 2.22 bits per heavy atom. The molecule has 1 unspecified atom stereocenters. The number of hydrogen-bond acceptors (Lipinski definition) is 4. The van der Waals surface area contributed by atoms with E-state index in [2.05, 4.69) is 27.3 Å². The normalized spacial score (nSPS) is 17.4. The lowest BCUT2D eigenvalue weighted by atomic mass is 10.1. The zero-order chi connectivity index (χ0) is 15.9. The van der Waals surface area contributed by atoms with Crippen LogP contribution in [0.3, 0.4) is 0 Å². The fraction of sp³-hybridized carbons (Fsp3) is 0.444. The number of benzene rings is 1. The van der Waals surface area contributed by atoms with Crippen molar-refractivity contribution in [3.05, 3.63) is 47.5 Å². The molecule has 3 rings (SSSR count). The van der Waals surface area contributed by atoms with Crippen LogP contribution < -0.4 is 10.2 Å². The fourth-order valence-electron chi connectivity index (χ4n) is 3.08. The van der Waals surface area contributed by atoms with Crippen LogP contribution in [-0.2, 0) is 11.2 Å². The molecule has 4 nitrogen and oxygen atoms in total. The van der Waals surface area contributed by atoms with Crippen molar-refractivity contribution in [3.8, 4) is 0 Å². The maximum absolute atomic E-state index is 12.0. The van der Waals surface area contributed by atoms with Crippen LogP contribution in [0.2, 0.25) is 0 Å². The van der Waals surface area contributed by atoms with Crippen LogP contribution in [0.5, 0.6) is 0 Å². The summed E-state index contributed by atoms with van der Waals surface area (Å²) in [5, 5.41) is 6.18. The van der Waals surface area contributed by atoms with Gasteiger partial charge >= 0.3 is 0 Å². The molecule has 0 spiro atoms. The summed E-state index contributed by atoms with van der Waals surface area (Å²) >= 11 is 1.67. The number of nitrogens with zero attached hydrogens (tertiary/aromatic N) is 2. The van der Waals surface area contributed by atoms with Gasteiger partial charge in [0.25, 0.3) is 0 Å². The van der Waals surface area contributed by atoms with E-state index in [1.807, 2.05) is 29.8 Å². The molecular formula is C18H23N3OS. The van der Waals surface area contributed by atoms with E-state index in [1.54, 1.807) is 11.3 Å². The third-order valence-electron chi connectivity index (χ3n) is 4.29. The average molecular weight is 329 g/mol. The van der Waals surface area contributed by atoms with E-state index in [9.17, 15) is 4.79 Å². The van der Waals surface area contributed by atoms with Crippen LogP contribution >= 0.6 is 11.3 Å². The van der Waals surface area contributed by atoms with Crippen LogP contribution in [-0.4, -0.2) is 30.0 Å². The molecule has 0 saturated carbocycles. The highest BCUT2D eigenvalue weighted by Crippen LogP contribution is 2.26. The molecule has 0 bridgehead atoms. The standard InChI is InChI=1S/C18H23N3OS/c22-17(10-4-8-15-6-2-1-3-7-15)20-14-16-9-5-12-21(16)18-19-11-13-23-18/h1-3,6-7,11,13,16H,4-5,8-10,12,14H2,(H,20,22). The summed E-state index contributed by atoms with van der Waals surface area (Å²) in [6.07, 6.45) is 6.61. The molecule has 1 aromatic carbocycles. The molecule has 0 aliphatic carbocycles. The predicted molar refractivity (Wildman–Crippen MR) is 94.9 cm³/mol. The highest BCUT2D eigenvalue weighted by atomic mass is 32.1. The number of thiazole rings is 1. The molecule has 1 aliphatic heterocycles. The van der Waals surface area contributed by atoms with E-state index in [0.717, 1.165) is 37.5 Å². The Bertz CT molecular complexity index is 600. The topological polar surface area (TPSA) is 45.2 Å². The summed E-state index contributed by atoms with van der Waals surface area (Å²) in [6.45, 7) is 1.77. The number of amides is 1. The molecule has 1 N–H and O–H groups in total. The SMILES string of the molecule is O=C(CCCc1ccccc1)NCC1CCCN1c1nccs1. The molecule has 1 fully saturated rings. The van der Waals surface area contributed by atoms with E-state index in [0.29, 0.717) is 12.5 Å². The smallest absolute Gasteiger partial charge is 0.220 e. The van der Waals surface area contributed by atoms with Crippen molar-refractivity contribution in [2.24, 2.45) is 0 Å². The Kier molecular flexibility index (Phi) is 5.64. The Morgan fingerprint density at radius 1 is 1.35 bits per heavy atom. The number of nitrogens with one attached hydrogen (secondary N) is 1. The third kappa shape index (κ3) is 4.55. The number of aromatic nitrogens is 1.